The Morgan fingerprint density at radius 1 is 1.06 bits per heavy atom. The monoisotopic (exact) mass is 234 g/mol. The summed E-state index contributed by atoms with van der Waals surface area (Å²) in [6, 6.07) is 0. The molecule has 6 nitrogen and oxygen atoms in total. The first-order valence-electron chi connectivity index (χ1n) is 5.57. The maximum absolute atomic E-state index is 10.2. The Morgan fingerprint density at radius 3 is 2.19 bits per heavy atom. The average Bonchev–Trinajstić information content (AvgIpc) is 2.23. The molecule has 0 saturated heterocycles. The van der Waals surface area contributed by atoms with Crippen molar-refractivity contribution in [2.45, 2.75) is 12.8 Å². The molecular formula is C10H22N2O4. The summed E-state index contributed by atoms with van der Waals surface area (Å²) in [4.78, 5) is 12.2. The molecule has 16 heavy (non-hydrogen) atoms. The lowest BCUT2D eigenvalue weighted by Crippen LogP contribution is -2.32. The van der Waals surface area contributed by atoms with Crippen LogP contribution in [0.1, 0.15) is 12.8 Å². The van der Waals surface area contributed by atoms with Crippen LogP contribution < -0.4 is 5.32 Å². The lowest BCUT2D eigenvalue weighted by Gasteiger charge is -2.19. The van der Waals surface area contributed by atoms with Crippen LogP contribution >= 0.6 is 0 Å². The maximum Gasteiger partial charge on any atom is 0.304 e. The van der Waals surface area contributed by atoms with Gasteiger partial charge in [-0.15, -0.1) is 0 Å². The van der Waals surface area contributed by atoms with Crippen molar-refractivity contribution in [3.8, 4) is 0 Å². The third-order valence-corrected chi connectivity index (χ3v) is 2.18. The topological polar surface area (TPSA) is 93.0 Å². The normalized spacial score (nSPS) is 10.9. The summed E-state index contributed by atoms with van der Waals surface area (Å²) in [5.41, 5.74) is 0. The van der Waals surface area contributed by atoms with E-state index in [1.165, 1.54) is 0 Å². The number of aliphatic hydroxyl groups excluding tert-OH is 2. The number of nitrogens with zero attached hydrogens (tertiary/aromatic N) is 1. The van der Waals surface area contributed by atoms with Gasteiger partial charge in [0.15, 0.2) is 0 Å². The first-order chi connectivity index (χ1) is 7.70. The summed E-state index contributed by atoms with van der Waals surface area (Å²) in [6.07, 6.45) is 1.01. The van der Waals surface area contributed by atoms with Crippen molar-refractivity contribution in [2.24, 2.45) is 0 Å². The molecule has 96 valence electrons. The van der Waals surface area contributed by atoms with E-state index in [4.69, 9.17) is 15.3 Å². The summed E-state index contributed by atoms with van der Waals surface area (Å²) < 4.78 is 0. The van der Waals surface area contributed by atoms with Crippen LogP contribution in [0.5, 0.6) is 0 Å². The lowest BCUT2D eigenvalue weighted by molar-refractivity contribution is -0.136. The molecule has 0 aromatic heterocycles. The average molecular weight is 234 g/mol. The number of carbonyl (C=O) groups is 1. The van der Waals surface area contributed by atoms with E-state index >= 15 is 0 Å². The Labute approximate surface area is 95.9 Å². The minimum absolute atomic E-state index is 0.0897. The number of hydrogen-bond acceptors (Lipinski definition) is 5. The molecule has 0 atom stereocenters. The van der Waals surface area contributed by atoms with Gasteiger partial charge in [0.25, 0.3) is 0 Å². The lowest BCUT2D eigenvalue weighted by atomic mass is 10.3. The van der Waals surface area contributed by atoms with Gasteiger partial charge in [0.2, 0.25) is 0 Å². The highest BCUT2D eigenvalue weighted by Gasteiger charge is 2.02. The van der Waals surface area contributed by atoms with Gasteiger partial charge in [0.1, 0.15) is 0 Å². The molecule has 0 aromatic carbocycles. The van der Waals surface area contributed by atoms with Gasteiger partial charge in [0.05, 0.1) is 19.6 Å². The van der Waals surface area contributed by atoms with Gasteiger partial charge in [-0.25, -0.2) is 0 Å². The van der Waals surface area contributed by atoms with E-state index in [-0.39, 0.29) is 19.6 Å². The second-order valence-corrected chi connectivity index (χ2v) is 3.54. The SMILES string of the molecule is O=C(O)CCNCCCN(CCO)CCO. The molecule has 0 aliphatic heterocycles. The second-order valence-electron chi connectivity index (χ2n) is 3.54. The van der Waals surface area contributed by atoms with Crippen LogP contribution in [0.25, 0.3) is 0 Å². The number of aliphatic hydroxyl groups is 2. The Hall–Kier alpha value is -0.690. The maximum atomic E-state index is 10.2. The van der Waals surface area contributed by atoms with Crippen molar-refractivity contribution in [3.05, 3.63) is 0 Å². The highest BCUT2D eigenvalue weighted by atomic mass is 16.4. The smallest absolute Gasteiger partial charge is 0.304 e. The zero-order valence-electron chi connectivity index (χ0n) is 9.56. The zero-order valence-corrected chi connectivity index (χ0v) is 9.56. The molecule has 0 aliphatic rings. The number of rotatable bonds is 11. The first kappa shape index (κ1) is 15.3. The van der Waals surface area contributed by atoms with E-state index in [0.717, 1.165) is 19.5 Å². The highest BCUT2D eigenvalue weighted by molar-refractivity contribution is 5.66. The van der Waals surface area contributed by atoms with Gasteiger partial charge >= 0.3 is 5.97 Å². The fourth-order valence-electron chi connectivity index (χ4n) is 1.37. The van der Waals surface area contributed by atoms with Crippen LogP contribution in [0.3, 0.4) is 0 Å². The molecule has 0 fully saturated rings. The van der Waals surface area contributed by atoms with E-state index < -0.39 is 5.97 Å². The number of carboxylic acids is 1. The highest BCUT2D eigenvalue weighted by Crippen LogP contribution is 1.90. The quantitative estimate of drug-likeness (QED) is 0.333. The minimum atomic E-state index is -0.797. The van der Waals surface area contributed by atoms with Crippen LogP contribution in [0, 0.1) is 0 Å². The summed E-state index contributed by atoms with van der Waals surface area (Å²) in [5, 5.41) is 28.9. The number of nitrogens with one attached hydrogen (secondary N) is 1. The van der Waals surface area contributed by atoms with Gasteiger partial charge in [-0.05, 0) is 19.5 Å². The van der Waals surface area contributed by atoms with E-state index in [2.05, 4.69) is 5.32 Å². The first-order valence-corrected chi connectivity index (χ1v) is 5.57. The molecule has 0 saturated carbocycles. The predicted molar refractivity (Wildman–Crippen MR) is 60.4 cm³/mol. The Balaban J connectivity index is 3.35. The van der Waals surface area contributed by atoms with Gasteiger partial charge in [0, 0.05) is 19.6 Å². The van der Waals surface area contributed by atoms with Crippen molar-refractivity contribution >= 4 is 5.97 Å². The largest absolute Gasteiger partial charge is 0.481 e. The molecule has 0 aliphatic carbocycles. The van der Waals surface area contributed by atoms with Crippen LogP contribution in [0.4, 0.5) is 0 Å². The molecular weight excluding hydrogens is 212 g/mol. The van der Waals surface area contributed by atoms with E-state index in [1.54, 1.807) is 0 Å². The van der Waals surface area contributed by atoms with Crippen LogP contribution in [-0.4, -0.2) is 72.1 Å². The van der Waals surface area contributed by atoms with Crippen molar-refractivity contribution in [3.63, 3.8) is 0 Å². The molecule has 0 unspecified atom stereocenters. The molecule has 0 bridgehead atoms. The van der Waals surface area contributed by atoms with Gasteiger partial charge < -0.3 is 20.6 Å². The number of hydrogen-bond donors (Lipinski definition) is 4. The summed E-state index contributed by atoms with van der Waals surface area (Å²) in [7, 11) is 0. The van der Waals surface area contributed by atoms with E-state index in [9.17, 15) is 4.79 Å². The molecule has 0 spiro atoms. The van der Waals surface area contributed by atoms with E-state index in [1.807, 2.05) is 4.90 Å². The number of carboxylic acid groups (broad SMARTS) is 1. The Morgan fingerprint density at radius 2 is 1.69 bits per heavy atom. The molecule has 6 heteroatoms. The number of aliphatic carboxylic acids is 1. The molecule has 0 radical (unpaired) electrons. The Kier molecular flexibility index (Phi) is 10.3. The van der Waals surface area contributed by atoms with Gasteiger partial charge in [-0.3, -0.25) is 9.69 Å². The van der Waals surface area contributed by atoms with Crippen LogP contribution in [0.15, 0.2) is 0 Å². The van der Waals surface area contributed by atoms with Crippen molar-refractivity contribution in [2.75, 3.05) is 45.9 Å². The van der Waals surface area contributed by atoms with Crippen molar-refractivity contribution in [1.82, 2.24) is 10.2 Å². The molecule has 0 aromatic rings. The van der Waals surface area contributed by atoms with Crippen molar-refractivity contribution in [1.29, 1.82) is 0 Å². The standard InChI is InChI=1S/C10H22N2O4/c13-8-6-12(7-9-14)5-1-3-11-4-2-10(15)16/h11,13-14H,1-9H2,(H,15,16). The minimum Gasteiger partial charge on any atom is -0.481 e. The third-order valence-electron chi connectivity index (χ3n) is 2.18. The fraction of sp³-hybridized carbons (Fsp3) is 0.900. The summed E-state index contributed by atoms with van der Waals surface area (Å²) in [6.45, 7) is 3.33. The molecule has 0 amide bonds. The zero-order chi connectivity index (χ0) is 12.2. The molecule has 0 rings (SSSR count). The molecule has 4 N–H and O–H groups in total. The predicted octanol–water partition coefficient (Wildman–Crippen LogP) is -1.27. The van der Waals surface area contributed by atoms with E-state index in [0.29, 0.717) is 19.6 Å². The van der Waals surface area contributed by atoms with Crippen LogP contribution in [0.2, 0.25) is 0 Å². The second kappa shape index (κ2) is 10.8. The fourth-order valence-corrected chi connectivity index (χ4v) is 1.37. The van der Waals surface area contributed by atoms with Gasteiger partial charge in [-0.1, -0.05) is 0 Å². The summed E-state index contributed by atoms with van der Waals surface area (Å²) in [5.74, 6) is -0.797. The van der Waals surface area contributed by atoms with Crippen LogP contribution in [-0.2, 0) is 4.79 Å². The Bertz CT molecular complexity index is 172. The summed E-state index contributed by atoms with van der Waals surface area (Å²) >= 11 is 0. The third kappa shape index (κ3) is 9.85. The molecule has 0 heterocycles. The van der Waals surface area contributed by atoms with Crippen molar-refractivity contribution < 1.29 is 20.1 Å². The van der Waals surface area contributed by atoms with Gasteiger partial charge in [-0.2, -0.15) is 0 Å².